The van der Waals surface area contributed by atoms with Crippen LogP contribution in [0.4, 0.5) is 11.4 Å². The number of nitrogens with zero attached hydrogens (tertiary/aromatic N) is 1. The zero-order valence-corrected chi connectivity index (χ0v) is 24.0. The van der Waals surface area contributed by atoms with Crippen LogP contribution in [0.1, 0.15) is 29.3 Å². The van der Waals surface area contributed by atoms with Crippen molar-refractivity contribution in [2.75, 3.05) is 10.6 Å². The first-order valence-corrected chi connectivity index (χ1v) is 14.2. The molecule has 0 aliphatic heterocycles. The lowest BCUT2D eigenvalue weighted by Gasteiger charge is -2.16. The summed E-state index contributed by atoms with van der Waals surface area (Å²) < 4.78 is 0.901. The number of benzene rings is 3. The highest BCUT2D eigenvalue weighted by molar-refractivity contribution is 9.10. The minimum atomic E-state index is -0.475. The molecule has 1 unspecified atom stereocenters. The molecule has 9 heteroatoms. The molecule has 0 aliphatic rings. The summed E-state index contributed by atoms with van der Waals surface area (Å²) in [5.74, 6) is -0.984. The third kappa shape index (κ3) is 8.39. The van der Waals surface area contributed by atoms with Crippen LogP contribution in [0.5, 0.6) is 0 Å². The third-order valence-corrected chi connectivity index (χ3v) is 7.58. The molecule has 4 rings (SSSR count). The second kappa shape index (κ2) is 14.3. The maximum absolute atomic E-state index is 13.4. The zero-order chi connectivity index (χ0) is 28.3. The molecule has 1 aromatic heterocycles. The largest absolute Gasteiger partial charge is 0.325 e. The van der Waals surface area contributed by atoms with E-state index >= 15 is 0 Å². The summed E-state index contributed by atoms with van der Waals surface area (Å²) in [5.41, 5.74) is 2.50. The average molecular weight is 616 g/mol. The summed E-state index contributed by atoms with van der Waals surface area (Å²) in [6, 6.07) is 26.8. The Balaban J connectivity index is 1.50. The first kappa shape index (κ1) is 28.8. The fourth-order valence-electron chi connectivity index (χ4n) is 3.66. The maximum Gasteiger partial charge on any atom is 0.272 e. The lowest BCUT2D eigenvalue weighted by atomic mass is 10.1. The lowest BCUT2D eigenvalue weighted by Crippen LogP contribution is -2.30. The van der Waals surface area contributed by atoms with Crippen molar-refractivity contribution in [1.29, 1.82) is 0 Å². The van der Waals surface area contributed by atoms with E-state index in [4.69, 9.17) is 0 Å². The van der Waals surface area contributed by atoms with Gasteiger partial charge in [-0.25, -0.2) is 0 Å². The molecule has 0 radical (unpaired) electrons. The number of halogens is 1. The van der Waals surface area contributed by atoms with Crippen molar-refractivity contribution < 1.29 is 14.4 Å². The van der Waals surface area contributed by atoms with Crippen molar-refractivity contribution in [3.63, 3.8) is 0 Å². The van der Waals surface area contributed by atoms with Gasteiger partial charge in [0.15, 0.2) is 0 Å². The number of nitrogens with one attached hydrogen (secondary N) is 3. The molecule has 1 heterocycles. The highest BCUT2D eigenvalue weighted by Crippen LogP contribution is 2.29. The molecule has 40 heavy (non-hydrogen) atoms. The van der Waals surface area contributed by atoms with Crippen molar-refractivity contribution in [2.24, 2.45) is 0 Å². The van der Waals surface area contributed by atoms with Gasteiger partial charge in [-0.3, -0.25) is 19.4 Å². The minimum Gasteiger partial charge on any atom is -0.325 e. The summed E-state index contributed by atoms with van der Waals surface area (Å²) in [5, 5.41) is 8.20. The van der Waals surface area contributed by atoms with Gasteiger partial charge in [0, 0.05) is 38.7 Å². The monoisotopic (exact) mass is 614 g/mol. The molecule has 0 saturated carbocycles. The van der Waals surface area contributed by atoms with Gasteiger partial charge in [0.05, 0.1) is 5.25 Å². The Kier molecular flexibility index (Phi) is 10.3. The molecular weight excluding hydrogens is 588 g/mol. The summed E-state index contributed by atoms with van der Waals surface area (Å²) in [6.45, 7) is 1.95. The molecule has 3 aromatic carbocycles. The fraction of sp³-hybridized carbons (Fsp3) is 0.0968. The molecule has 0 saturated heterocycles. The number of hydrogen-bond donors (Lipinski definition) is 3. The number of anilines is 2. The van der Waals surface area contributed by atoms with Crippen LogP contribution in [0.2, 0.25) is 0 Å². The molecule has 1 atom stereocenters. The standard InChI is InChI=1S/C31H27BrN4O3S/c1-2-28(31(39)34-24-15-17-33-18-16-24)40-26-10-6-9-25(20-26)35-30(38)27(19-21-11-13-23(32)14-12-21)36-29(37)22-7-4-3-5-8-22/h3-20,28H,2H2,1H3,(H,35,38)(H,36,37)(H,33,34,39)/b27-19-. The van der Waals surface area contributed by atoms with Gasteiger partial charge in [0.1, 0.15) is 5.70 Å². The Hall–Kier alpha value is -4.21. The van der Waals surface area contributed by atoms with Gasteiger partial charge >= 0.3 is 0 Å². The van der Waals surface area contributed by atoms with Crippen molar-refractivity contribution in [3.05, 3.63) is 125 Å². The predicted octanol–water partition coefficient (Wildman–Crippen LogP) is 6.76. The molecule has 0 bridgehead atoms. The predicted molar refractivity (Wildman–Crippen MR) is 164 cm³/mol. The molecule has 202 valence electrons. The van der Waals surface area contributed by atoms with Gasteiger partial charge in [-0.1, -0.05) is 59.3 Å². The molecule has 0 aliphatic carbocycles. The zero-order valence-electron chi connectivity index (χ0n) is 21.6. The van der Waals surface area contributed by atoms with Gasteiger partial charge in [-0.2, -0.15) is 0 Å². The summed E-state index contributed by atoms with van der Waals surface area (Å²) in [7, 11) is 0. The fourth-order valence-corrected chi connectivity index (χ4v) is 4.94. The second-order valence-corrected chi connectivity index (χ2v) is 10.8. The van der Waals surface area contributed by atoms with Gasteiger partial charge in [0.25, 0.3) is 11.8 Å². The van der Waals surface area contributed by atoms with E-state index in [0.29, 0.717) is 23.4 Å². The van der Waals surface area contributed by atoms with E-state index in [1.807, 2.05) is 49.4 Å². The average Bonchev–Trinajstić information content (AvgIpc) is 2.97. The van der Waals surface area contributed by atoms with Crippen molar-refractivity contribution in [3.8, 4) is 0 Å². The van der Waals surface area contributed by atoms with Gasteiger partial charge < -0.3 is 16.0 Å². The Labute approximate surface area is 245 Å². The molecule has 7 nitrogen and oxygen atoms in total. The summed E-state index contributed by atoms with van der Waals surface area (Å²) >= 11 is 4.82. The first-order valence-electron chi connectivity index (χ1n) is 12.5. The molecule has 0 spiro atoms. The van der Waals surface area contributed by atoms with Crippen LogP contribution in [-0.2, 0) is 9.59 Å². The van der Waals surface area contributed by atoms with Crippen LogP contribution in [0.25, 0.3) is 6.08 Å². The Bertz CT molecular complexity index is 1500. The number of hydrogen-bond acceptors (Lipinski definition) is 5. The summed E-state index contributed by atoms with van der Waals surface area (Å²) in [4.78, 5) is 43.9. The van der Waals surface area contributed by atoms with E-state index < -0.39 is 11.8 Å². The Morgan fingerprint density at radius 3 is 2.30 bits per heavy atom. The SMILES string of the molecule is CCC(Sc1cccc(NC(=O)/C(=C/c2ccc(Br)cc2)NC(=O)c2ccccc2)c1)C(=O)Nc1ccncc1. The Morgan fingerprint density at radius 2 is 1.60 bits per heavy atom. The number of pyridine rings is 1. The number of rotatable bonds is 10. The number of carbonyl (C=O) groups is 3. The third-order valence-electron chi connectivity index (χ3n) is 5.69. The van der Waals surface area contributed by atoms with Crippen LogP contribution in [-0.4, -0.2) is 28.0 Å². The Morgan fingerprint density at radius 1 is 0.875 bits per heavy atom. The highest BCUT2D eigenvalue weighted by Gasteiger charge is 2.19. The number of aromatic nitrogens is 1. The number of thioether (sulfide) groups is 1. The van der Waals surface area contributed by atoms with Crippen LogP contribution in [0.3, 0.4) is 0 Å². The van der Waals surface area contributed by atoms with E-state index in [1.54, 1.807) is 67.0 Å². The molecular formula is C31H27BrN4O3S. The second-order valence-electron chi connectivity index (χ2n) is 8.65. The molecule has 3 N–H and O–H groups in total. The van der Waals surface area contributed by atoms with Crippen molar-refractivity contribution in [1.82, 2.24) is 10.3 Å². The van der Waals surface area contributed by atoms with E-state index in [1.165, 1.54) is 11.8 Å². The first-order chi connectivity index (χ1) is 19.4. The van der Waals surface area contributed by atoms with Crippen LogP contribution in [0.15, 0.2) is 118 Å². The van der Waals surface area contributed by atoms with Crippen LogP contribution < -0.4 is 16.0 Å². The maximum atomic E-state index is 13.4. The molecule has 4 aromatic rings. The van der Waals surface area contributed by atoms with Crippen LogP contribution >= 0.6 is 27.7 Å². The van der Waals surface area contributed by atoms with Crippen LogP contribution in [0, 0.1) is 0 Å². The molecule has 3 amide bonds. The minimum absolute atomic E-state index is 0.0948. The van der Waals surface area contributed by atoms with Crippen molar-refractivity contribution >= 4 is 62.9 Å². The normalized spacial score (nSPS) is 11.8. The topological polar surface area (TPSA) is 100 Å². The number of amides is 3. The summed E-state index contributed by atoms with van der Waals surface area (Å²) in [6.07, 6.45) is 5.48. The van der Waals surface area contributed by atoms with E-state index in [2.05, 4.69) is 36.9 Å². The highest BCUT2D eigenvalue weighted by atomic mass is 79.9. The van der Waals surface area contributed by atoms with Gasteiger partial charge in [0.2, 0.25) is 5.91 Å². The van der Waals surface area contributed by atoms with E-state index in [0.717, 1.165) is 14.9 Å². The smallest absolute Gasteiger partial charge is 0.272 e. The quantitative estimate of drug-likeness (QED) is 0.135. The van der Waals surface area contributed by atoms with E-state index in [-0.39, 0.29) is 16.9 Å². The van der Waals surface area contributed by atoms with Gasteiger partial charge in [-0.05, 0) is 72.7 Å². The lowest BCUT2D eigenvalue weighted by molar-refractivity contribution is -0.116. The molecule has 0 fully saturated rings. The van der Waals surface area contributed by atoms with Gasteiger partial charge in [-0.15, -0.1) is 11.8 Å². The number of carbonyl (C=O) groups excluding carboxylic acids is 3. The van der Waals surface area contributed by atoms with E-state index in [9.17, 15) is 14.4 Å². The van der Waals surface area contributed by atoms with Crippen molar-refractivity contribution in [2.45, 2.75) is 23.5 Å².